The Kier molecular flexibility index (Phi) is 6.38. The molecule has 1 aromatic carbocycles. The zero-order chi connectivity index (χ0) is 18.0. The van der Waals surface area contributed by atoms with Crippen molar-refractivity contribution in [3.05, 3.63) is 28.3 Å². The molecule has 0 bridgehead atoms. The van der Waals surface area contributed by atoms with Crippen molar-refractivity contribution in [3.63, 3.8) is 0 Å². The molecule has 0 radical (unpaired) electrons. The fraction of sp³-hybridized carbons (Fsp3) is 0.500. The minimum atomic E-state index is -0.548. The number of hydrogen-bond acceptors (Lipinski definition) is 6. The number of nitro benzene ring substituents is 1. The molecule has 2 N–H and O–H groups in total. The van der Waals surface area contributed by atoms with Gasteiger partial charge in [0.2, 0.25) is 5.91 Å². The van der Waals surface area contributed by atoms with Gasteiger partial charge in [-0.05, 0) is 32.4 Å². The number of rotatable bonds is 4. The van der Waals surface area contributed by atoms with Crippen LogP contribution >= 0.6 is 12.4 Å². The highest BCUT2D eigenvalue weighted by atomic mass is 35.5. The fourth-order valence-electron chi connectivity index (χ4n) is 3.16. The lowest BCUT2D eigenvalue weighted by Gasteiger charge is -2.31. The number of nitrogens with zero attached hydrogens (tertiary/aromatic N) is 2. The zero-order valence-corrected chi connectivity index (χ0v) is 15.1. The number of anilines is 1. The maximum Gasteiger partial charge on any atom is 0.271 e. The predicted molar refractivity (Wildman–Crippen MR) is 96.8 cm³/mol. The number of carbonyl (C=O) groups excluding carboxylic acids is 2. The number of nitrogens with one attached hydrogen (secondary N) is 2. The molecular weight excluding hydrogens is 364 g/mol. The number of non-ortho nitro benzene ring substituents is 1. The molecule has 2 heterocycles. The molecule has 2 atom stereocenters. The molecule has 2 amide bonds. The minimum Gasteiger partial charge on any atom is -0.482 e. The third-order valence-corrected chi connectivity index (χ3v) is 4.39. The summed E-state index contributed by atoms with van der Waals surface area (Å²) < 4.78 is 5.29. The first-order valence-electron chi connectivity index (χ1n) is 8.18. The van der Waals surface area contributed by atoms with Crippen molar-refractivity contribution in [2.45, 2.75) is 31.8 Å². The van der Waals surface area contributed by atoms with Gasteiger partial charge in [-0.1, -0.05) is 0 Å². The van der Waals surface area contributed by atoms with Crippen LogP contribution in [0.1, 0.15) is 19.8 Å². The topological polar surface area (TPSA) is 114 Å². The Labute approximate surface area is 156 Å². The van der Waals surface area contributed by atoms with Gasteiger partial charge in [-0.3, -0.25) is 24.6 Å². The molecule has 0 saturated carbocycles. The van der Waals surface area contributed by atoms with Crippen LogP contribution in [0.3, 0.4) is 0 Å². The molecule has 1 aromatic rings. The Hall–Kier alpha value is -2.39. The fourth-order valence-corrected chi connectivity index (χ4v) is 3.16. The van der Waals surface area contributed by atoms with Crippen molar-refractivity contribution >= 4 is 35.6 Å². The van der Waals surface area contributed by atoms with E-state index >= 15 is 0 Å². The van der Waals surface area contributed by atoms with E-state index in [4.69, 9.17) is 4.74 Å². The lowest BCUT2D eigenvalue weighted by atomic mass is 10.0. The molecule has 0 aromatic heterocycles. The van der Waals surface area contributed by atoms with Gasteiger partial charge in [0.05, 0.1) is 10.6 Å². The molecule has 2 unspecified atom stereocenters. The van der Waals surface area contributed by atoms with E-state index in [1.165, 1.54) is 23.1 Å². The van der Waals surface area contributed by atoms with Crippen LogP contribution < -0.4 is 20.3 Å². The van der Waals surface area contributed by atoms with E-state index in [-0.39, 0.29) is 48.9 Å². The van der Waals surface area contributed by atoms with Crippen molar-refractivity contribution in [2.24, 2.45) is 0 Å². The molecular formula is C16H21ClN4O5. The van der Waals surface area contributed by atoms with Crippen LogP contribution in [0, 0.1) is 10.1 Å². The summed E-state index contributed by atoms with van der Waals surface area (Å²) in [5.74, 6) is -0.331. The molecule has 9 nitrogen and oxygen atoms in total. The van der Waals surface area contributed by atoms with Crippen molar-refractivity contribution in [1.29, 1.82) is 0 Å². The molecule has 0 spiro atoms. The number of ether oxygens (including phenoxy) is 1. The first-order chi connectivity index (χ1) is 11.9. The number of nitro groups is 1. The quantitative estimate of drug-likeness (QED) is 0.591. The number of hydrogen-bond donors (Lipinski definition) is 2. The van der Waals surface area contributed by atoms with Gasteiger partial charge in [-0.15, -0.1) is 12.4 Å². The van der Waals surface area contributed by atoms with E-state index in [2.05, 4.69) is 17.6 Å². The lowest BCUT2D eigenvalue weighted by Crippen LogP contribution is -2.50. The maximum atomic E-state index is 12.4. The average Bonchev–Trinajstić information content (AvgIpc) is 2.57. The molecule has 0 aliphatic carbocycles. The Morgan fingerprint density at radius 3 is 2.96 bits per heavy atom. The van der Waals surface area contributed by atoms with E-state index in [0.29, 0.717) is 11.8 Å². The first kappa shape index (κ1) is 19.9. The van der Waals surface area contributed by atoms with Crippen LogP contribution in [0.4, 0.5) is 11.4 Å². The highest BCUT2D eigenvalue weighted by Gasteiger charge is 2.30. The minimum absolute atomic E-state index is 0. The predicted octanol–water partition coefficient (Wildman–Crippen LogP) is 0.999. The summed E-state index contributed by atoms with van der Waals surface area (Å²) in [5, 5.41) is 17.2. The molecule has 1 saturated heterocycles. The van der Waals surface area contributed by atoms with Gasteiger partial charge < -0.3 is 15.4 Å². The third kappa shape index (κ3) is 4.41. The number of carbonyl (C=O) groups is 2. The van der Waals surface area contributed by atoms with Crippen molar-refractivity contribution in [1.82, 2.24) is 10.6 Å². The van der Waals surface area contributed by atoms with Crippen molar-refractivity contribution < 1.29 is 19.2 Å². The standard InChI is InChI=1S/C16H20N4O5.ClH/c1-10-6-11(4-5-17-10)18-15(21)8-19-13-7-12(20(23)24)2-3-14(13)25-9-16(19)22;/h2-3,7,10-11,17H,4-6,8-9H2,1H3,(H,18,21);1H. The molecule has 26 heavy (non-hydrogen) atoms. The van der Waals surface area contributed by atoms with E-state index in [0.717, 1.165) is 19.4 Å². The summed E-state index contributed by atoms with van der Waals surface area (Å²) in [6.45, 7) is 2.51. The molecule has 3 rings (SSSR count). The summed E-state index contributed by atoms with van der Waals surface area (Å²) in [6, 6.07) is 4.39. The van der Waals surface area contributed by atoms with Crippen molar-refractivity contribution in [2.75, 3.05) is 24.6 Å². The number of fused-ring (bicyclic) bond motifs is 1. The van der Waals surface area contributed by atoms with Gasteiger partial charge in [-0.25, -0.2) is 0 Å². The number of piperidine rings is 1. The second-order valence-electron chi connectivity index (χ2n) is 6.32. The number of amides is 2. The normalized spacial score (nSPS) is 21.9. The molecule has 2 aliphatic rings. The van der Waals surface area contributed by atoms with Crippen LogP contribution in [0.5, 0.6) is 5.75 Å². The second-order valence-corrected chi connectivity index (χ2v) is 6.32. The van der Waals surface area contributed by atoms with E-state index in [1.807, 2.05) is 0 Å². The van der Waals surface area contributed by atoms with Crippen LogP contribution in [-0.2, 0) is 9.59 Å². The van der Waals surface area contributed by atoms with E-state index < -0.39 is 10.8 Å². The zero-order valence-electron chi connectivity index (χ0n) is 14.3. The molecule has 142 valence electrons. The van der Waals surface area contributed by atoms with Gasteiger partial charge in [0, 0.05) is 24.2 Å². The summed E-state index contributed by atoms with van der Waals surface area (Å²) >= 11 is 0. The SMILES string of the molecule is CC1CC(NC(=O)CN2C(=O)COc3ccc([N+](=O)[O-])cc32)CCN1.Cl. The van der Waals surface area contributed by atoms with Gasteiger partial charge >= 0.3 is 0 Å². The summed E-state index contributed by atoms with van der Waals surface area (Å²) in [4.78, 5) is 36.2. The number of halogens is 1. The van der Waals surface area contributed by atoms with Crippen LogP contribution in [-0.4, -0.2) is 48.5 Å². The largest absolute Gasteiger partial charge is 0.482 e. The van der Waals surface area contributed by atoms with Crippen LogP contribution in [0.15, 0.2) is 18.2 Å². The highest BCUT2D eigenvalue weighted by Crippen LogP contribution is 2.35. The Morgan fingerprint density at radius 1 is 1.50 bits per heavy atom. The van der Waals surface area contributed by atoms with Crippen molar-refractivity contribution in [3.8, 4) is 5.75 Å². The summed E-state index contributed by atoms with van der Waals surface area (Å²) in [6.07, 6.45) is 1.65. The Bertz CT molecular complexity index is 714. The number of benzene rings is 1. The van der Waals surface area contributed by atoms with Gasteiger partial charge in [-0.2, -0.15) is 0 Å². The first-order valence-corrected chi connectivity index (χ1v) is 8.18. The third-order valence-electron chi connectivity index (χ3n) is 4.39. The van der Waals surface area contributed by atoms with E-state index in [1.54, 1.807) is 0 Å². The van der Waals surface area contributed by atoms with E-state index in [9.17, 15) is 19.7 Å². The van der Waals surface area contributed by atoms with Gasteiger partial charge in [0.1, 0.15) is 12.3 Å². The summed E-state index contributed by atoms with van der Waals surface area (Å²) in [5.41, 5.74) is 0.0916. The molecule has 10 heteroatoms. The maximum absolute atomic E-state index is 12.4. The van der Waals surface area contributed by atoms with Gasteiger partial charge in [0.15, 0.2) is 6.61 Å². The van der Waals surface area contributed by atoms with Crippen LogP contribution in [0.2, 0.25) is 0 Å². The smallest absolute Gasteiger partial charge is 0.271 e. The average molecular weight is 385 g/mol. The lowest BCUT2D eigenvalue weighted by molar-refractivity contribution is -0.384. The van der Waals surface area contributed by atoms with Gasteiger partial charge in [0.25, 0.3) is 11.6 Å². The molecule has 1 fully saturated rings. The highest BCUT2D eigenvalue weighted by molar-refractivity contribution is 6.02. The molecule has 2 aliphatic heterocycles. The Morgan fingerprint density at radius 2 is 2.27 bits per heavy atom. The summed E-state index contributed by atoms with van der Waals surface area (Å²) in [7, 11) is 0. The Balaban J connectivity index is 0.00000243. The van der Waals surface area contributed by atoms with Crippen LogP contribution in [0.25, 0.3) is 0 Å². The monoisotopic (exact) mass is 384 g/mol. The second kappa shape index (κ2) is 8.33.